The third kappa shape index (κ3) is 3.84. The summed E-state index contributed by atoms with van der Waals surface area (Å²) in [6.07, 6.45) is 3.73. The molecule has 0 saturated heterocycles. The van der Waals surface area contributed by atoms with Crippen molar-refractivity contribution >= 4 is 18.0 Å². The van der Waals surface area contributed by atoms with Crippen molar-refractivity contribution in [3.05, 3.63) is 54.1 Å². The Bertz CT molecular complexity index is 754. The largest absolute Gasteiger partial charge is 0.466 e. The molecule has 0 aliphatic rings. The number of esters is 1. The van der Waals surface area contributed by atoms with E-state index in [9.17, 15) is 14.4 Å². The number of rotatable bonds is 8. The van der Waals surface area contributed by atoms with Gasteiger partial charge in [0.1, 0.15) is 6.29 Å². The van der Waals surface area contributed by atoms with Gasteiger partial charge in [-0.2, -0.15) is 0 Å². The molecule has 0 saturated carbocycles. The zero-order valence-corrected chi connectivity index (χ0v) is 14.6. The summed E-state index contributed by atoms with van der Waals surface area (Å²) in [6.45, 7) is 3.52. The Kier molecular flexibility index (Phi) is 5.85. The van der Waals surface area contributed by atoms with Crippen molar-refractivity contribution in [1.82, 2.24) is 9.55 Å². The van der Waals surface area contributed by atoms with Gasteiger partial charge in [0.2, 0.25) is 0 Å². The minimum atomic E-state index is -1.17. The van der Waals surface area contributed by atoms with Crippen LogP contribution in [0.1, 0.15) is 36.5 Å². The van der Waals surface area contributed by atoms with E-state index >= 15 is 0 Å². The summed E-state index contributed by atoms with van der Waals surface area (Å²) < 4.78 is 6.73. The molecule has 0 amide bonds. The number of benzene rings is 1. The number of ether oxygens (including phenoxy) is 1. The second-order valence-electron chi connectivity index (χ2n) is 6.06. The molecule has 6 heteroatoms. The predicted octanol–water partition coefficient (Wildman–Crippen LogP) is 2.33. The van der Waals surface area contributed by atoms with Gasteiger partial charge >= 0.3 is 5.97 Å². The van der Waals surface area contributed by atoms with E-state index in [2.05, 4.69) is 4.98 Å². The smallest absolute Gasteiger partial charge is 0.310 e. The number of hydrogen-bond acceptors (Lipinski definition) is 5. The molecule has 0 unspecified atom stereocenters. The summed E-state index contributed by atoms with van der Waals surface area (Å²) in [6, 6.07) is 8.95. The highest BCUT2D eigenvalue weighted by atomic mass is 16.5. The van der Waals surface area contributed by atoms with Gasteiger partial charge in [0.05, 0.1) is 17.9 Å². The average Bonchev–Trinajstić information content (AvgIpc) is 3.06. The van der Waals surface area contributed by atoms with Crippen LogP contribution in [-0.4, -0.2) is 34.2 Å². The van der Waals surface area contributed by atoms with Crippen molar-refractivity contribution in [3.63, 3.8) is 0 Å². The predicted molar refractivity (Wildman–Crippen MR) is 92.1 cm³/mol. The van der Waals surface area contributed by atoms with Crippen LogP contribution in [0.25, 0.3) is 0 Å². The first kappa shape index (κ1) is 18.6. The van der Waals surface area contributed by atoms with E-state index < -0.39 is 17.3 Å². The fraction of sp³-hybridized carbons (Fsp3) is 0.368. The van der Waals surface area contributed by atoms with Crippen LogP contribution in [-0.2, 0) is 26.8 Å². The lowest BCUT2D eigenvalue weighted by Gasteiger charge is -2.31. The number of aldehydes is 1. The Morgan fingerprint density at radius 2 is 2.00 bits per heavy atom. The van der Waals surface area contributed by atoms with E-state index in [0.29, 0.717) is 5.56 Å². The summed E-state index contributed by atoms with van der Waals surface area (Å²) in [4.78, 5) is 41.2. The molecule has 1 aromatic carbocycles. The van der Waals surface area contributed by atoms with E-state index in [1.54, 1.807) is 55.9 Å². The lowest BCUT2D eigenvalue weighted by Crippen LogP contribution is -2.41. The summed E-state index contributed by atoms with van der Waals surface area (Å²) in [5.74, 6) is -1.56. The van der Waals surface area contributed by atoms with Crippen molar-refractivity contribution < 1.29 is 19.1 Å². The van der Waals surface area contributed by atoms with Gasteiger partial charge in [0, 0.05) is 25.9 Å². The molecule has 2 aromatic rings. The van der Waals surface area contributed by atoms with Gasteiger partial charge in [-0.05, 0) is 19.4 Å². The Morgan fingerprint density at radius 3 is 2.52 bits per heavy atom. The lowest BCUT2D eigenvalue weighted by atomic mass is 9.70. The number of aromatic nitrogens is 2. The molecule has 0 fully saturated rings. The van der Waals surface area contributed by atoms with Gasteiger partial charge in [0.25, 0.3) is 0 Å². The first-order valence-corrected chi connectivity index (χ1v) is 8.13. The van der Waals surface area contributed by atoms with Crippen LogP contribution in [0.3, 0.4) is 0 Å². The number of imidazole rings is 1. The van der Waals surface area contributed by atoms with Crippen molar-refractivity contribution in [1.29, 1.82) is 0 Å². The first-order chi connectivity index (χ1) is 11.9. The maximum Gasteiger partial charge on any atom is 0.310 e. The van der Waals surface area contributed by atoms with Gasteiger partial charge in [-0.25, -0.2) is 4.98 Å². The Hall–Kier alpha value is -2.76. The van der Waals surface area contributed by atoms with Gasteiger partial charge in [-0.3, -0.25) is 9.59 Å². The van der Waals surface area contributed by atoms with E-state index in [1.165, 1.54) is 6.20 Å². The maximum absolute atomic E-state index is 12.6. The number of nitrogens with zero attached hydrogens (tertiary/aromatic N) is 2. The number of ketones is 1. The molecule has 0 N–H and O–H groups in total. The first-order valence-electron chi connectivity index (χ1n) is 8.13. The molecule has 1 aromatic heterocycles. The van der Waals surface area contributed by atoms with Crippen LogP contribution < -0.4 is 0 Å². The molecule has 0 bridgehead atoms. The molecule has 1 heterocycles. The van der Waals surface area contributed by atoms with Gasteiger partial charge < -0.3 is 14.1 Å². The molecule has 0 aliphatic carbocycles. The fourth-order valence-electron chi connectivity index (χ4n) is 2.84. The number of aryl methyl sites for hydroxylation is 1. The Labute approximate surface area is 146 Å². The van der Waals surface area contributed by atoms with Crippen LogP contribution in [0.4, 0.5) is 0 Å². The van der Waals surface area contributed by atoms with E-state index in [-0.39, 0.29) is 24.6 Å². The Morgan fingerprint density at radius 1 is 1.32 bits per heavy atom. The molecular formula is C19H22N2O4. The number of Topliss-reactive ketones (excluding diaryl/α,β-unsaturated/α-hetero) is 1. The second-order valence-corrected chi connectivity index (χ2v) is 6.06. The average molecular weight is 342 g/mol. The number of carbonyl (C=O) groups excluding carboxylic acids is 3. The summed E-state index contributed by atoms with van der Waals surface area (Å²) in [7, 11) is 1.70. The van der Waals surface area contributed by atoms with Crippen LogP contribution in [0.2, 0.25) is 0 Å². The molecule has 25 heavy (non-hydrogen) atoms. The van der Waals surface area contributed by atoms with E-state index in [4.69, 9.17) is 4.74 Å². The zero-order chi connectivity index (χ0) is 18.4. The van der Waals surface area contributed by atoms with Gasteiger partial charge in [-0.15, -0.1) is 0 Å². The maximum atomic E-state index is 12.6. The highest BCUT2D eigenvalue weighted by Gasteiger charge is 2.43. The highest BCUT2D eigenvalue weighted by Crippen LogP contribution is 2.34. The third-order valence-electron chi connectivity index (χ3n) is 4.40. The van der Waals surface area contributed by atoms with E-state index in [0.717, 1.165) is 6.29 Å². The monoisotopic (exact) mass is 342 g/mol. The third-order valence-corrected chi connectivity index (χ3v) is 4.40. The van der Waals surface area contributed by atoms with Crippen LogP contribution in [0, 0.1) is 5.92 Å². The van der Waals surface area contributed by atoms with Crippen LogP contribution >= 0.6 is 0 Å². The van der Waals surface area contributed by atoms with Crippen molar-refractivity contribution in [2.24, 2.45) is 13.0 Å². The topological polar surface area (TPSA) is 78.3 Å². The van der Waals surface area contributed by atoms with Gasteiger partial charge in [-0.1, -0.05) is 30.3 Å². The summed E-state index contributed by atoms with van der Waals surface area (Å²) in [5.41, 5.74) is -0.510. The molecule has 2 rings (SSSR count). The van der Waals surface area contributed by atoms with Crippen LogP contribution in [0.15, 0.2) is 42.7 Å². The Balaban J connectivity index is 2.41. The zero-order valence-electron chi connectivity index (χ0n) is 14.6. The molecule has 0 radical (unpaired) electrons. The van der Waals surface area contributed by atoms with Crippen LogP contribution in [0.5, 0.6) is 0 Å². The van der Waals surface area contributed by atoms with E-state index in [1.807, 2.05) is 6.07 Å². The number of carbonyl (C=O) groups is 3. The minimum Gasteiger partial charge on any atom is -0.466 e. The molecule has 0 aliphatic heterocycles. The molecule has 2 atom stereocenters. The molecular weight excluding hydrogens is 320 g/mol. The van der Waals surface area contributed by atoms with Crippen molar-refractivity contribution in [2.45, 2.75) is 25.7 Å². The molecule has 132 valence electrons. The quantitative estimate of drug-likeness (QED) is 0.418. The number of hydrogen-bond donors (Lipinski definition) is 0. The molecule has 6 nitrogen and oxygen atoms in total. The fourth-order valence-corrected chi connectivity index (χ4v) is 2.84. The minimum absolute atomic E-state index is 0.159. The van der Waals surface area contributed by atoms with Gasteiger partial charge in [0.15, 0.2) is 11.6 Å². The van der Waals surface area contributed by atoms with Crippen molar-refractivity contribution in [3.8, 4) is 0 Å². The summed E-state index contributed by atoms with van der Waals surface area (Å²) in [5, 5.41) is 0. The highest BCUT2D eigenvalue weighted by molar-refractivity contribution is 5.97. The standard InChI is InChI=1S/C19H22N2O4/c1-4-25-18(24)15(12-16(23)17-20-10-11-21(17)3)19(2,13-22)14-8-6-5-7-9-14/h5-11,13,15H,4,12H2,1-3H3/t15-,19+/m0/s1. The molecule has 0 spiro atoms. The summed E-state index contributed by atoms with van der Waals surface area (Å²) >= 11 is 0. The SMILES string of the molecule is CCOC(=O)[C@H](CC(=O)c1nccn1C)[C@](C)(C=O)c1ccccc1. The lowest BCUT2D eigenvalue weighted by molar-refractivity contribution is -0.151. The van der Waals surface area contributed by atoms with Crippen molar-refractivity contribution in [2.75, 3.05) is 6.61 Å². The normalized spacial score (nSPS) is 14.4. The second kappa shape index (κ2) is 7.88.